The molecule has 0 aromatic carbocycles. The quantitative estimate of drug-likeness (QED) is 0.310. The van der Waals surface area contributed by atoms with Crippen LogP contribution in [0.5, 0.6) is 5.75 Å². The first-order chi connectivity index (χ1) is 19.6. The number of aromatic nitrogens is 4. The van der Waals surface area contributed by atoms with E-state index in [4.69, 9.17) is 22.1 Å². The number of amides is 2. The Bertz CT molecular complexity index is 1590. The molecule has 1 atom stereocenters. The number of anilines is 2. The standard InChI is InChI=1S/C26H27ClF2N8O3S/c1-35(2)21(38)12-40-19-10-20(27)41-23(19)26(39)34-15-4-3-7-36(11-15)18-9-17(37-22(18)25(30)32-13-33-37)14-5-6-31-16(8-14)24(28)29/h5-6,8-10,13,15,24H,3-4,7,11-12H2,1-2H3,(H,34,39)(H2,30,32,33)/t15-/m1/s1. The molecule has 5 rings (SSSR count). The summed E-state index contributed by atoms with van der Waals surface area (Å²) < 4.78 is 34.2. The number of piperidine rings is 1. The zero-order valence-corrected chi connectivity index (χ0v) is 23.8. The van der Waals surface area contributed by atoms with Crippen LogP contribution in [0.1, 0.15) is 34.6 Å². The zero-order chi connectivity index (χ0) is 29.3. The van der Waals surface area contributed by atoms with E-state index < -0.39 is 6.43 Å². The summed E-state index contributed by atoms with van der Waals surface area (Å²) >= 11 is 7.24. The number of fused-ring (bicyclic) bond motifs is 1. The molecule has 3 N–H and O–H groups in total. The van der Waals surface area contributed by atoms with Crippen molar-refractivity contribution >= 4 is 51.8 Å². The van der Waals surface area contributed by atoms with Crippen molar-refractivity contribution in [3.05, 3.63) is 51.7 Å². The maximum atomic E-state index is 13.4. The van der Waals surface area contributed by atoms with Crippen LogP contribution in [0.15, 0.2) is 36.8 Å². The van der Waals surface area contributed by atoms with E-state index in [1.54, 1.807) is 24.7 Å². The van der Waals surface area contributed by atoms with Crippen molar-refractivity contribution < 1.29 is 23.1 Å². The number of hydrogen-bond donors (Lipinski definition) is 2. The Hall–Kier alpha value is -4.04. The molecule has 0 unspecified atom stereocenters. The lowest BCUT2D eigenvalue weighted by Crippen LogP contribution is -2.47. The van der Waals surface area contributed by atoms with Crippen LogP contribution in [0.2, 0.25) is 4.34 Å². The van der Waals surface area contributed by atoms with Gasteiger partial charge >= 0.3 is 0 Å². The first-order valence-corrected chi connectivity index (χ1v) is 13.9. The number of hydrogen-bond acceptors (Lipinski definition) is 9. The number of alkyl halides is 2. The number of nitrogens with zero attached hydrogens (tertiary/aromatic N) is 6. The number of halogens is 3. The highest BCUT2D eigenvalue weighted by Crippen LogP contribution is 2.36. The minimum atomic E-state index is -2.72. The van der Waals surface area contributed by atoms with E-state index in [-0.39, 0.29) is 46.6 Å². The number of nitrogens with one attached hydrogen (secondary N) is 1. The molecular formula is C26H27ClF2N8O3S. The second-order valence-corrected chi connectivity index (χ2v) is 11.4. The third-order valence-corrected chi connectivity index (χ3v) is 7.93. The summed E-state index contributed by atoms with van der Waals surface area (Å²) in [6, 6.07) is 6.08. The smallest absolute Gasteiger partial charge is 0.280 e. The van der Waals surface area contributed by atoms with Gasteiger partial charge < -0.3 is 25.6 Å². The Morgan fingerprint density at radius 1 is 1.29 bits per heavy atom. The third-order valence-electron chi connectivity index (χ3n) is 6.68. The lowest BCUT2D eigenvalue weighted by atomic mass is 10.0. The molecule has 2 amide bonds. The molecule has 1 saturated heterocycles. The van der Waals surface area contributed by atoms with Crippen LogP contribution >= 0.6 is 22.9 Å². The van der Waals surface area contributed by atoms with Gasteiger partial charge in [0.15, 0.2) is 12.4 Å². The highest BCUT2D eigenvalue weighted by molar-refractivity contribution is 7.18. The summed E-state index contributed by atoms with van der Waals surface area (Å²) in [5.74, 6) is -0.129. The predicted octanol–water partition coefficient (Wildman–Crippen LogP) is 3.89. The van der Waals surface area contributed by atoms with Gasteiger partial charge in [0.05, 0.1) is 15.7 Å². The average molecular weight is 605 g/mol. The molecule has 0 radical (unpaired) electrons. The molecule has 0 saturated carbocycles. The number of ether oxygens (including phenoxy) is 1. The average Bonchev–Trinajstić information content (AvgIpc) is 3.53. The molecule has 1 aliphatic heterocycles. The van der Waals surface area contributed by atoms with Crippen LogP contribution in [0.25, 0.3) is 16.8 Å². The van der Waals surface area contributed by atoms with Crippen LogP contribution < -0.4 is 20.7 Å². The van der Waals surface area contributed by atoms with Crippen molar-refractivity contribution in [3.63, 3.8) is 0 Å². The topological polar surface area (TPSA) is 131 Å². The van der Waals surface area contributed by atoms with Crippen molar-refractivity contribution in [1.82, 2.24) is 29.8 Å². The molecule has 1 fully saturated rings. The maximum Gasteiger partial charge on any atom is 0.280 e. The van der Waals surface area contributed by atoms with Crippen molar-refractivity contribution in [1.29, 1.82) is 0 Å². The zero-order valence-electron chi connectivity index (χ0n) is 22.2. The lowest BCUT2D eigenvalue weighted by molar-refractivity contribution is -0.130. The number of likely N-dealkylation sites (N-methyl/N-ethyl adjacent to an activating group) is 1. The van der Waals surface area contributed by atoms with Crippen molar-refractivity contribution in [2.45, 2.75) is 25.3 Å². The molecule has 15 heteroatoms. The molecule has 4 aromatic heterocycles. The second-order valence-electron chi connectivity index (χ2n) is 9.67. The Labute approximate surface area is 242 Å². The van der Waals surface area contributed by atoms with Crippen molar-refractivity contribution in [2.24, 2.45) is 0 Å². The lowest BCUT2D eigenvalue weighted by Gasteiger charge is -2.34. The molecule has 11 nitrogen and oxygen atoms in total. The fourth-order valence-electron chi connectivity index (χ4n) is 4.67. The van der Waals surface area contributed by atoms with E-state index in [1.807, 2.05) is 6.07 Å². The first-order valence-electron chi connectivity index (χ1n) is 12.7. The van der Waals surface area contributed by atoms with Gasteiger partial charge in [-0.15, -0.1) is 11.3 Å². The van der Waals surface area contributed by atoms with Crippen molar-refractivity contribution in [3.8, 4) is 17.0 Å². The Morgan fingerprint density at radius 3 is 2.85 bits per heavy atom. The molecule has 41 heavy (non-hydrogen) atoms. The van der Waals surface area contributed by atoms with Gasteiger partial charge in [0.2, 0.25) is 0 Å². The van der Waals surface area contributed by atoms with Gasteiger partial charge in [-0.1, -0.05) is 11.6 Å². The maximum absolute atomic E-state index is 13.4. The van der Waals surface area contributed by atoms with Gasteiger partial charge in [-0.25, -0.2) is 18.3 Å². The SMILES string of the molecule is CN(C)C(=O)COc1cc(Cl)sc1C(=O)N[C@@H]1CCCN(c2cc(-c3ccnc(C(F)F)c3)n3ncnc(N)c23)C1. The molecule has 1 aliphatic rings. The Morgan fingerprint density at radius 2 is 2.10 bits per heavy atom. The summed E-state index contributed by atoms with van der Waals surface area (Å²) in [5, 5.41) is 7.39. The van der Waals surface area contributed by atoms with Crippen LogP contribution in [-0.2, 0) is 4.79 Å². The number of thiophene rings is 1. The number of rotatable bonds is 8. The normalized spacial score (nSPS) is 15.4. The number of nitrogens with two attached hydrogens (primary N) is 1. The molecule has 0 aliphatic carbocycles. The van der Waals surface area contributed by atoms with Gasteiger partial charge in [-0.05, 0) is 31.0 Å². The highest BCUT2D eigenvalue weighted by Gasteiger charge is 2.28. The largest absolute Gasteiger partial charge is 0.482 e. The van der Waals surface area contributed by atoms with Gasteiger partial charge in [0.1, 0.15) is 28.2 Å². The van der Waals surface area contributed by atoms with Gasteiger partial charge in [-0.3, -0.25) is 14.6 Å². The summed E-state index contributed by atoms with van der Waals surface area (Å²) in [7, 11) is 3.23. The van der Waals surface area contributed by atoms with E-state index >= 15 is 0 Å². The highest BCUT2D eigenvalue weighted by atomic mass is 35.5. The van der Waals surface area contributed by atoms with Crippen LogP contribution in [0.4, 0.5) is 20.3 Å². The summed E-state index contributed by atoms with van der Waals surface area (Å²) in [6.45, 7) is 0.901. The van der Waals surface area contributed by atoms with Gasteiger partial charge in [-0.2, -0.15) is 5.10 Å². The van der Waals surface area contributed by atoms with E-state index in [0.29, 0.717) is 34.2 Å². The van der Waals surface area contributed by atoms with Crippen LogP contribution in [0.3, 0.4) is 0 Å². The summed E-state index contributed by atoms with van der Waals surface area (Å²) in [6.07, 6.45) is 1.41. The fourth-order valence-corrected chi connectivity index (χ4v) is 5.73. The fraction of sp³-hybridized carbons (Fsp3) is 0.346. The molecule has 5 heterocycles. The minimum absolute atomic E-state index is 0.221. The molecular weight excluding hydrogens is 578 g/mol. The third kappa shape index (κ3) is 6.03. The van der Waals surface area contributed by atoms with Gasteiger partial charge in [0, 0.05) is 51.1 Å². The molecule has 0 bridgehead atoms. The van der Waals surface area contributed by atoms with E-state index in [0.717, 1.165) is 29.9 Å². The van der Waals surface area contributed by atoms with Crippen molar-refractivity contribution in [2.75, 3.05) is 44.4 Å². The summed E-state index contributed by atoms with van der Waals surface area (Å²) in [5.41, 5.74) is 8.24. The second kappa shape index (κ2) is 11.8. The van der Waals surface area contributed by atoms with E-state index in [2.05, 4.69) is 25.3 Å². The molecule has 0 spiro atoms. The Balaban J connectivity index is 1.38. The predicted molar refractivity (Wildman–Crippen MR) is 152 cm³/mol. The minimum Gasteiger partial charge on any atom is -0.482 e. The van der Waals surface area contributed by atoms with E-state index in [9.17, 15) is 18.4 Å². The van der Waals surface area contributed by atoms with Crippen LogP contribution in [0, 0.1) is 0 Å². The van der Waals surface area contributed by atoms with E-state index in [1.165, 1.54) is 29.6 Å². The van der Waals surface area contributed by atoms with Crippen LogP contribution in [-0.4, -0.2) is 76.1 Å². The molecule has 216 valence electrons. The summed E-state index contributed by atoms with van der Waals surface area (Å²) in [4.78, 5) is 36.8. The Kier molecular flexibility index (Phi) is 8.22. The molecule has 4 aromatic rings. The monoisotopic (exact) mass is 604 g/mol. The first kappa shape index (κ1) is 28.5. The number of nitrogen functional groups attached to an aromatic ring is 1. The number of carbonyl (C=O) groups excluding carboxylic acids is 2. The number of carbonyl (C=O) groups is 2. The number of pyridine rings is 1. The van der Waals surface area contributed by atoms with Gasteiger partial charge in [0.25, 0.3) is 18.2 Å².